The van der Waals surface area contributed by atoms with Crippen molar-refractivity contribution in [2.45, 2.75) is 19.5 Å². The van der Waals surface area contributed by atoms with Gasteiger partial charge in [-0.3, -0.25) is 0 Å². The molecule has 1 aliphatic rings. The fourth-order valence-corrected chi connectivity index (χ4v) is 3.18. The van der Waals surface area contributed by atoms with Gasteiger partial charge in [0.15, 0.2) is 0 Å². The van der Waals surface area contributed by atoms with Crippen LogP contribution in [0.15, 0.2) is 60.7 Å². The van der Waals surface area contributed by atoms with Crippen LogP contribution in [0.3, 0.4) is 0 Å². The number of hydrogen-bond donors (Lipinski definition) is 0. The number of benzene rings is 3. The molecule has 0 saturated carbocycles. The van der Waals surface area contributed by atoms with E-state index in [9.17, 15) is 4.39 Å². The lowest BCUT2D eigenvalue weighted by Crippen LogP contribution is -2.19. The molecule has 0 unspecified atom stereocenters. The molecule has 150 valence electrons. The van der Waals surface area contributed by atoms with Gasteiger partial charge in [0.25, 0.3) is 0 Å². The quantitative estimate of drug-likeness (QED) is 0.585. The predicted octanol–water partition coefficient (Wildman–Crippen LogP) is 5.03. The van der Waals surface area contributed by atoms with Crippen LogP contribution in [0.1, 0.15) is 23.0 Å². The van der Waals surface area contributed by atoms with Crippen molar-refractivity contribution in [1.82, 2.24) is 0 Å². The van der Waals surface area contributed by atoms with E-state index in [2.05, 4.69) is 0 Å². The van der Waals surface area contributed by atoms with Crippen LogP contribution >= 0.6 is 0 Å². The van der Waals surface area contributed by atoms with Crippen molar-refractivity contribution in [3.63, 3.8) is 0 Å². The van der Waals surface area contributed by atoms with Crippen molar-refractivity contribution >= 4 is 0 Å². The molecule has 1 atom stereocenters. The SMILES string of the molecule is COc1cc(OC)cc(OCc2cc(F)cc3c2O[C@H](c2ccccc2)OC3)c1. The molecule has 0 saturated heterocycles. The maximum atomic E-state index is 14.1. The van der Waals surface area contributed by atoms with Crippen LogP contribution in [0, 0.1) is 5.82 Å². The van der Waals surface area contributed by atoms with Crippen molar-refractivity contribution in [2.24, 2.45) is 0 Å². The Morgan fingerprint density at radius 3 is 2.31 bits per heavy atom. The first kappa shape index (κ1) is 19.1. The van der Waals surface area contributed by atoms with Crippen molar-refractivity contribution < 1.29 is 28.1 Å². The number of rotatable bonds is 6. The number of methoxy groups -OCH3 is 2. The first-order valence-corrected chi connectivity index (χ1v) is 9.16. The Morgan fingerprint density at radius 1 is 0.931 bits per heavy atom. The molecule has 0 fully saturated rings. The second-order valence-electron chi connectivity index (χ2n) is 6.56. The van der Waals surface area contributed by atoms with Crippen molar-refractivity contribution in [3.8, 4) is 23.0 Å². The fourth-order valence-electron chi connectivity index (χ4n) is 3.18. The third-order valence-electron chi connectivity index (χ3n) is 4.61. The Bertz CT molecular complexity index is 968. The Labute approximate surface area is 168 Å². The maximum absolute atomic E-state index is 14.1. The molecule has 1 aliphatic heterocycles. The second-order valence-corrected chi connectivity index (χ2v) is 6.56. The molecule has 0 bridgehead atoms. The number of hydrogen-bond acceptors (Lipinski definition) is 5. The highest BCUT2D eigenvalue weighted by atomic mass is 19.1. The molecule has 5 nitrogen and oxygen atoms in total. The Kier molecular flexibility index (Phi) is 5.53. The topological polar surface area (TPSA) is 46.2 Å². The average molecular weight is 396 g/mol. The first-order valence-electron chi connectivity index (χ1n) is 9.16. The second kappa shape index (κ2) is 8.41. The molecule has 3 aromatic rings. The monoisotopic (exact) mass is 396 g/mol. The molecule has 0 spiro atoms. The number of halogens is 1. The van der Waals surface area contributed by atoms with Crippen LogP contribution in [-0.2, 0) is 18.0 Å². The molecule has 6 heteroatoms. The van der Waals surface area contributed by atoms with Crippen molar-refractivity contribution in [1.29, 1.82) is 0 Å². The molecule has 0 N–H and O–H groups in total. The zero-order valence-corrected chi connectivity index (χ0v) is 16.2. The smallest absolute Gasteiger partial charge is 0.227 e. The van der Waals surface area contributed by atoms with E-state index >= 15 is 0 Å². The lowest BCUT2D eigenvalue weighted by molar-refractivity contribution is -0.112. The summed E-state index contributed by atoms with van der Waals surface area (Å²) in [5.41, 5.74) is 2.15. The maximum Gasteiger partial charge on any atom is 0.227 e. The summed E-state index contributed by atoms with van der Waals surface area (Å²) >= 11 is 0. The van der Waals surface area contributed by atoms with Crippen LogP contribution in [0.25, 0.3) is 0 Å². The van der Waals surface area contributed by atoms with E-state index in [0.29, 0.717) is 34.1 Å². The van der Waals surface area contributed by atoms with E-state index in [1.807, 2.05) is 30.3 Å². The zero-order chi connectivity index (χ0) is 20.2. The van der Waals surface area contributed by atoms with Gasteiger partial charge in [0.2, 0.25) is 6.29 Å². The van der Waals surface area contributed by atoms with Crippen LogP contribution in [-0.4, -0.2) is 14.2 Å². The molecule has 0 amide bonds. The van der Waals surface area contributed by atoms with E-state index < -0.39 is 6.29 Å². The summed E-state index contributed by atoms with van der Waals surface area (Å²) in [4.78, 5) is 0. The van der Waals surface area contributed by atoms with Gasteiger partial charge < -0.3 is 23.7 Å². The van der Waals surface area contributed by atoms with E-state index in [0.717, 1.165) is 5.56 Å². The lowest BCUT2D eigenvalue weighted by Gasteiger charge is -2.28. The molecule has 3 aromatic carbocycles. The highest BCUT2D eigenvalue weighted by Crippen LogP contribution is 2.37. The standard InChI is InChI=1S/C23H21FO5/c1-25-19-10-20(26-2)12-21(11-19)27-13-16-8-18(24)9-17-14-28-23(29-22(16)17)15-6-4-3-5-7-15/h3-12,23H,13-14H2,1-2H3/t23-/m1/s1. The predicted molar refractivity (Wildman–Crippen MR) is 105 cm³/mol. The van der Waals surface area contributed by atoms with E-state index in [1.54, 1.807) is 32.4 Å². The number of fused-ring (bicyclic) bond motifs is 1. The zero-order valence-electron chi connectivity index (χ0n) is 16.2. The summed E-state index contributed by atoms with van der Waals surface area (Å²) in [7, 11) is 3.14. The Morgan fingerprint density at radius 2 is 1.62 bits per heavy atom. The van der Waals surface area contributed by atoms with Gasteiger partial charge in [-0.2, -0.15) is 0 Å². The van der Waals surface area contributed by atoms with Gasteiger partial charge in [-0.05, 0) is 12.1 Å². The van der Waals surface area contributed by atoms with E-state index in [4.69, 9.17) is 23.7 Å². The normalized spacial score (nSPS) is 15.2. The average Bonchev–Trinajstić information content (AvgIpc) is 2.77. The van der Waals surface area contributed by atoms with Crippen molar-refractivity contribution in [2.75, 3.05) is 14.2 Å². The summed E-state index contributed by atoms with van der Waals surface area (Å²) in [5, 5.41) is 0. The van der Waals surface area contributed by atoms with Gasteiger partial charge in [0.1, 0.15) is 35.4 Å². The van der Waals surface area contributed by atoms with Gasteiger partial charge in [-0.25, -0.2) is 4.39 Å². The minimum Gasteiger partial charge on any atom is -0.496 e. The molecular formula is C23H21FO5. The summed E-state index contributed by atoms with van der Waals surface area (Å²) < 4.78 is 42.4. The van der Waals surface area contributed by atoms with E-state index in [-0.39, 0.29) is 19.0 Å². The van der Waals surface area contributed by atoms with Gasteiger partial charge >= 0.3 is 0 Å². The van der Waals surface area contributed by atoms with Crippen molar-refractivity contribution in [3.05, 3.63) is 83.2 Å². The first-order chi connectivity index (χ1) is 14.2. The van der Waals surface area contributed by atoms with Gasteiger partial charge in [-0.1, -0.05) is 30.3 Å². The molecule has 4 rings (SSSR count). The third-order valence-corrected chi connectivity index (χ3v) is 4.61. The van der Waals surface area contributed by atoms with Gasteiger partial charge in [0.05, 0.1) is 20.8 Å². The van der Waals surface area contributed by atoms with E-state index in [1.165, 1.54) is 12.1 Å². The number of ether oxygens (including phenoxy) is 5. The summed E-state index contributed by atoms with van der Waals surface area (Å²) in [6.07, 6.45) is -0.551. The summed E-state index contributed by atoms with van der Waals surface area (Å²) in [6.45, 7) is 0.380. The van der Waals surface area contributed by atoms with Crippen LogP contribution in [0.4, 0.5) is 4.39 Å². The van der Waals surface area contributed by atoms with Crippen LogP contribution in [0.2, 0.25) is 0 Å². The lowest BCUT2D eigenvalue weighted by atomic mass is 10.1. The summed E-state index contributed by atoms with van der Waals surface area (Å²) in [6, 6.07) is 17.7. The van der Waals surface area contributed by atoms with Crippen LogP contribution in [0.5, 0.6) is 23.0 Å². The minimum atomic E-state index is -0.551. The van der Waals surface area contributed by atoms with Gasteiger partial charge in [-0.15, -0.1) is 0 Å². The molecule has 1 heterocycles. The minimum absolute atomic E-state index is 0.123. The Balaban J connectivity index is 1.58. The molecule has 0 radical (unpaired) electrons. The molecule has 29 heavy (non-hydrogen) atoms. The largest absolute Gasteiger partial charge is 0.496 e. The highest BCUT2D eigenvalue weighted by molar-refractivity contribution is 5.45. The molecular weight excluding hydrogens is 375 g/mol. The van der Waals surface area contributed by atoms with Gasteiger partial charge in [0, 0.05) is 34.9 Å². The third kappa shape index (κ3) is 4.27. The van der Waals surface area contributed by atoms with Crippen LogP contribution < -0.4 is 18.9 Å². The molecule has 0 aromatic heterocycles. The fraction of sp³-hybridized carbons (Fsp3) is 0.217. The molecule has 0 aliphatic carbocycles. The summed E-state index contributed by atoms with van der Waals surface area (Å²) in [5.74, 6) is 1.98. The Hall–Kier alpha value is -3.25. The highest BCUT2D eigenvalue weighted by Gasteiger charge is 2.25.